The summed E-state index contributed by atoms with van der Waals surface area (Å²) < 4.78 is 14.0. The van der Waals surface area contributed by atoms with E-state index >= 15 is 0 Å². The van der Waals surface area contributed by atoms with Crippen LogP contribution < -0.4 is 0 Å². The van der Waals surface area contributed by atoms with Crippen molar-refractivity contribution in [2.24, 2.45) is 0 Å². The third-order valence-corrected chi connectivity index (χ3v) is 4.58. The van der Waals surface area contributed by atoms with Gasteiger partial charge < -0.3 is 0 Å². The Morgan fingerprint density at radius 3 is 2.47 bits per heavy atom. The third-order valence-electron chi connectivity index (χ3n) is 3.62. The largest absolute Gasteiger partial charge is 0.298 e. The highest BCUT2D eigenvalue weighted by atomic mass is 79.9. The lowest BCUT2D eigenvalue weighted by molar-refractivity contribution is 0.104. The normalized spacial score (nSPS) is 18.2. The van der Waals surface area contributed by atoms with E-state index in [1.165, 1.54) is 6.07 Å². The minimum Gasteiger partial charge on any atom is -0.298 e. The number of hydrogen-bond acceptors (Lipinski definition) is 2. The Kier molecular flexibility index (Phi) is 5.23. The molecule has 1 saturated heterocycles. The van der Waals surface area contributed by atoms with Gasteiger partial charge in [-0.25, -0.2) is 4.39 Å². The first-order valence-corrected chi connectivity index (χ1v) is 7.74. The fraction of sp³-hybridized carbons (Fsp3) is 0.571. The molecule has 0 radical (unpaired) electrons. The maximum Gasteiger partial charge on any atom is 0.137 e. The van der Waals surface area contributed by atoms with Gasteiger partial charge in [-0.15, -0.1) is 0 Å². The predicted octanol–water partition coefficient (Wildman–Crippen LogP) is 3.77. The zero-order valence-corrected chi connectivity index (χ0v) is 13.6. The van der Waals surface area contributed by atoms with Crippen LogP contribution in [0.25, 0.3) is 0 Å². The predicted molar refractivity (Wildman–Crippen MR) is 81.1 cm³/mol. The second-order valence-corrected chi connectivity index (χ2v) is 6.53. The number of hydrogen-bond donors (Lipinski definition) is 0. The van der Waals surface area contributed by atoms with Crippen molar-refractivity contribution in [2.75, 3.05) is 26.2 Å². The molecule has 0 saturated carbocycles. The number of piperazine rings is 1. The summed E-state index contributed by atoms with van der Waals surface area (Å²) in [5, 5.41) is 0.625. The van der Waals surface area contributed by atoms with Gasteiger partial charge in [0.05, 0.1) is 4.47 Å². The van der Waals surface area contributed by atoms with Crippen LogP contribution in [0.1, 0.15) is 19.4 Å². The molecular weight excluding hydrogens is 331 g/mol. The Bertz CT molecular complexity index is 445. The second kappa shape index (κ2) is 6.53. The number of nitrogens with zero attached hydrogens (tertiary/aromatic N) is 2. The van der Waals surface area contributed by atoms with Gasteiger partial charge in [0.25, 0.3) is 0 Å². The van der Waals surface area contributed by atoms with E-state index in [0.717, 1.165) is 38.3 Å². The number of rotatable bonds is 3. The molecular formula is C14H19BrClFN2. The van der Waals surface area contributed by atoms with Gasteiger partial charge in [0.2, 0.25) is 0 Å². The summed E-state index contributed by atoms with van der Waals surface area (Å²) in [4.78, 5) is 4.79. The third kappa shape index (κ3) is 3.91. The van der Waals surface area contributed by atoms with Gasteiger partial charge in [-0.05, 0) is 47.5 Å². The molecule has 0 atom stereocenters. The van der Waals surface area contributed by atoms with Gasteiger partial charge in [0, 0.05) is 43.8 Å². The van der Waals surface area contributed by atoms with Crippen molar-refractivity contribution in [3.8, 4) is 0 Å². The molecule has 0 N–H and O–H groups in total. The molecule has 2 nitrogen and oxygen atoms in total. The summed E-state index contributed by atoms with van der Waals surface area (Å²) >= 11 is 9.32. The zero-order chi connectivity index (χ0) is 14.0. The van der Waals surface area contributed by atoms with Gasteiger partial charge >= 0.3 is 0 Å². The quantitative estimate of drug-likeness (QED) is 0.767. The monoisotopic (exact) mass is 348 g/mol. The molecule has 0 spiro atoms. The summed E-state index contributed by atoms with van der Waals surface area (Å²) in [6, 6.07) is 3.76. The molecule has 2 rings (SSSR count). The lowest BCUT2D eigenvalue weighted by Gasteiger charge is -2.37. The second-order valence-electron chi connectivity index (χ2n) is 5.26. The van der Waals surface area contributed by atoms with Crippen molar-refractivity contribution < 1.29 is 4.39 Å². The summed E-state index contributed by atoms with van der Waals surface area (Å²) in [5.41, 5.74) is 0.861. The van der Waals surface area contributed by atoms with Crippen LogP contribution in [0.5, 0.6) is 0 Å². The standard InChI is InChI=1S/C14H19BrClFN2/c1-10(2)19-5-3-18(4-6-19)9-11-7-14(17)12(15)8-13(11)16/h7-8,10H,3-6,9H2,1-2H3. The van der Waals surface area contributed by atoms with E-state index in [2.05, 4.69) is 39.6 Å². The van der Waals surface area contributed by atoms with Crippen molar-refractivity contribution in [1.82, 2.24) is 9.80 Å². The van der Waals surface area contributed by atoms with E-state index < -0.39 is 0 Å². The van der Waals surface area contributed by atoms with Crippen LogP contribution in [0.3, 0.4) is 0 Å². The highest BCUT2D eigenvalue weighted by Gasteiger charge is 2.19. The molecule has 0 unspecified atom stereocenters. The minimum absolute atomic E-state index is 0.250. The maximum absolute atomic E-state index is 13.5. The smallest absolute Gasteiger partial charge is 0.137 e. The topological polar surface area (TPSA) is 6.48 Å². The van der Waals surface area contributed by atoms with Crippen LogP contribution in [0.2, 0.25) is 5.02 Å². The summed E-state index contributed by atoms with van der Waals surface area (Å²) in [5.74, 6) is -0.250. The SMILES string of the molecule is CC(C)N1CCN(Cc2cc(F)c(Br)cc2Cl)CC1. The first-order chi connectivity index (χ1) is 8.97. The van der Waals surface area contributed by atoms with Gasteiger partial charge in [-0.2, -0.15) is 0 Å². The molecule has 1 fully saturated rings. The molecule has 19 heavy (non-hydrogen) atoms. The van der Waals surface area contributed by atoms with Crippen molar-refractivity contribution in [3.05, 3.63) is 33.0 Å². The van der Waals surface area contributed by atoms with Gasteiger partial charge in [-0.1, -0.05) is 11.6 Å². The molecule has 0 aliphatic carbocycles. The van der Waals surface area contributed by atoms with Crippen LogP contribution in [-0.2, 0) is 6.54 Å². The van der Waals surface area contributed by atoms with Gasteiger partial charge in [0.15, 0.2) is 0 Å². The van der Waals surface area contributed by atoms with Crippen molar-refractivity contribution >= 4 is 27.5 Å². The number of benzene rings is 1. The molecule has 0 amide bonds. The van der Waals surface area contributed by atoms with E-state index in [-0.39, 0.29) is 5.82 Å². The van der Waals surface area contributed by atoms with Crippen LogP contribution in [0.4, 0.5) is 4.39 Å². The van der Waals surface area contributed by atoms with E-state index in [1.54, 1.807) is 6.07 Å². The van der Waals surface area contributed by atoms with E-state index in [4.69, 9.17) is 11.6 Å². The Morgan fingerprint density at radius 2 is 1.89 bits per heavy atom. The van der Waals surface area contributed by atoms with E-state index in [0.29, 0.717) is 15.5 Å². The molecule has 0 aromatic heterocycles. The zero-order valence-electron chi connectivity index (χ0n) is 11.3. The first kappa shape index (κ1) is 15.2. The van der Waals surface area contributed by atoms with Gasteiger partial charge in [-0.3, -0.25) is 9.80 Å². The van der Waals surface area contributed by atoms with Crippen LogP contribution in [0, 0.1) is 5.82 Å². The molecule has 1 aromatic rings. The van der Waals surface area contributed by atoms with Gasteiger partial charge in [0.1, 0.15) is 5.82 Å². The van der Waals surface area contributed by atoms with E-state index in [9.17, 15) is 4.39 Å². The Labute approximate surface area is 127 Å². The minimum atomic E-state index is -0.250. The average molecular weight is 350 g/mol. The van der Waals surface area contributed by atoms with Crippen LogP contribution in [-0.4, -0.2) is 42.0 Å². The fourth-order valence-corrected chi connectivity index (χ4v) is 3.06. The molecule has 106 valence electrons. The molecule has 1 aromatic carbocycles. The lowest BCUT2D eigenvalue weighted by Crippen LogP contribution is -2.48. The fourth-order valence-electron chi connectivity index (χ4n) is 2.36. The Morgan fingerprint density at radius 1 is 1.26 bits per heavy atom. The molecule has 1 aliphatic heterocycles. The average Bonchev–Trinajstić information content (AvgIpc) is 2.36. The summed E-state index contributed by atoms with van der Waals surface area (Å²) in [7, 11) is 0. The molecule has 1 heterocycles. The Balaban J connectivity index is 1.98. The summed E-state index contributed by atoms with van der Waals surface area (Å²) in [6.07, 6.45) is 0. The molecule has 0 bridgehead atoms. The first-order valence-electron chi connectivity index (χ1n) is 6.57. The summed E-state index contributed by atoms with van der Waals surface area (Å²) in [6.45, 7) is 9.29. The lowest BCUT2D eigenvalue weighted by atomic mass is 10.1. The van der Waals surface area contributed by atoms with Crippen LogP contribution >= 0.6 is 27.5 Å². The van der Waals surface area contributed by atoms with E-state index in [1.807, 2.05) is 0 Å². The van der Waals surface area contributed by atoms with Crippen LogP contribution in [0.15, 0.2) is 16.6 Å². The highest BCUT2D eigenvalue weighted by Crippen LogP contribution is 2.26. The van der Waals surface area contributed by atoms with Crippen molar-refractivity contribution in [1.29, 1.82) is 0 Å². The Hall–Kier alpha value is -0.160. The highest BCUT2D eigenvalue weighted by molar-refractivity contribution is 9.10. The molecule has 5 heteroatoms. The molecule has 1 aliphatic rings. The van der Waals surface area contributed by atoms with Crippen molar-refractivity contribution in [2.45, 2.75) is 26.4 Å². The van der Waals surface area contributed by atoms with Crippen molar-refractivity contribution in [3.63, 3.8) is 0 Å². The maximum atomic E-state index is 13.5. The number of halogens is 3.